The molecule has 1 aliphatic rings. The van der Waals surface area contributed by atoms with E-state index in [9.17, 15) is 18.0 Å². The van der Waals surface area contributed by atoms with Crippen molar-refractivity contribution in [3.8, 4) is 5.75 Å². The van der Waals surface area contributed by atoms with Gasteiger partial charge in [-0.1, -0.05) is 91.5 Å². The van der Waals surface area contributed by atoms with Crippen molar-refractivity contribution in [3.05, 3.63) is 125 Å². The Bertz CT molecular complexity index is 1710. The first kappa shape index (κ1) is 34.0. The minimum atomic E-state index is -4.20. The van der Waals surface area contributed by atoms with Crippen molar-refractivity contribution < 1.29 is 22.7 Å². The SMILES string of the molecule is COc1ccc(S(=O)(=O)N(CC(=O)N(Cc2ccc(Cl)cc2)C(Cc2ccccc2)C(=O)NC2CCCCC2)c2ccccc2)cc1. The van der Waals surface area contributed by atoms with Crippen LogP contribution in [0.1, 0.15) is 43.2 Å². The van der Waals surface area contributed by atoms with Gasteiger partial charge in [-0.25, -0.2) is 8.42 Å². The summed E-state index contributed by atoms with van der Waals surface area (Å²) in [5.74, 6) is -0.263. The van der Waals surface area contributed by atoms with Crippen molar-refractivity contribution in [2.45, 2.75) is 62.0 Å². The minimum Gasteiger partial charge on any atom is -0.497 e. The first-order valence-electron chi connectivity index (χ1n) is 15.8. The van der Waals surface area contributed by atoms with Crippen molar-refractivity contribution in [1.29, 1.82) is 0 Å². The minimum absolute atomic E-state index is 0.00933. The smallest absolute Gasteiger partial charge is 0.264 e. The molecule has 246 valence electrons. The van der Waals surface area contributed by atoms with Gasteiger partial charge in [0.15, 0.2) is 0 Å². The number of carbonyl (C=O) groups is 2. The number of hydrogen-bond donors (Lipinski definition) is 1. The molecular formula is C37H40ClN3O5S. The highest BCUT2D eigenvalue weighted by Crippen LogP contribution is 2.27. The van der Waals surface area contributed by atoms with Crippen molar-refractivity contribution in [1.82, 2.24) is 10.2 Å². The number of carbonyl (C=O) groups excluding carboxylic acids is 2. The number of methoxy groups -OCH3 is 1. The van der Waals surface area contributed by atoms with Crippen molar-refractivity contribution in [3.63, 3.8) is 0 Å². The predicted molar refractivity (Wildman–Crippen MR) is 185 cm³/mol. The molecule has 0 saturated heterocycles. The lowest BCUT2D eigenvalue weighted by Crippen LogP contribution is -2.55. The second kappa shape index (κ2) is 16.0. The number of nitrogens with one attached hydrogen (secondary N) is 1. The van der Waals surface area contributed by atoms with E-state index >= 15 is 0 Å². The number of hydrogen-bond acceptors (Lipinski definition) is 5. The molecule has 1 fully saturated rings. The number of para-hydroxylation sites is 1. The molecule has 8 nitrogen and oxygen atoms in total. The summed E-state index contributed by atoms with van der Waals surface area (Å²) in [4.78, 5) is 30.3. The van der Waals surface area contributed by atoms with Crippen molar-refractivity contribution in [2.24, 2.45) is 0 Å². The summed E-state index contributed by atoms with van der Waals surface area (Å²) in [5.41, 5.74) is 1.97. The Morgan fingerprint density at radius 2 is 1.45 bits per heavy atom. The number of ether oxygens (including phenoxy) is 1. The van der Waals surface area contributed by atoms with E-state index in [0.29, 0.717) is 16.5 Å². The van der Waals surface area contributed by atoms with Gasteiger partial charge in [0, 0.05) is 24.0 Å². The van der Waals surface area contributed by atoms with Crippen LogP contribution in [0.4, 0.5) is 5.69 Å². The number of rotatable bonds is 13. The van der Waals surface area contributed by atoms with Gasteiger partial charge in [-0.15, -0.1) is 0 Å². The van der Waals surface area contributed by atoms with Crippen molar-refractivity contribution >= 4 is 39.1 Å². The number of sulfonamides is 1. The molecular weight excluding hydrogens is 634 g/mol. The Morgan fingerprint density at radius 1 is 0.830 bits per heavy atom. The Morgan fingerprint density at radius 3 is 2.06 bits per heavy atom. The van der Waals surface area contributed by atoms with Crippen molar-refractivity contribution in [2.75, 3.05) is 18.0 Å². The highest BCUT2D eigenvalue weighted by atomic mass is 35.5. The average molecular weight is 674 g/mol. The normalized spacial score (nSPS) is 14.2. The largest absolute Gasteiger partial charge is 0.497 e. The second-order valence-corrected chi connectivity index (χ2v) is 14.0. The van der Waals surface area contributed by atoms with E-state index in [0.717, 1.165) is 47.5 Å². The summed E-state index contributed by atoms with van der Waals surface area (Å²) in [6.45, 7) is -0.440. The maximum atomic E-state index is 14.6. The standard InChI is InChI=1S/C37H40ClN3O5S/c1-46-33-21-23-34(24-22-33)47(44,45)41(32-15-9-4-10-16-32)27-36(42)40(26-29-17-19-30(38)20-18-29)35(25-28-11-5-2-6-12-28)37(43)39-31-13-7-3-8-14-31/h2,4-6,9-12,15-24,31,35H,3,7-8,13-14,25-27H2,1H3,(H,39,43). The highest BCUT2D eigenvalue weighted by molar-refractivity contribution is 7.92. The summed E-state index contributed by atoms with van der Waals surface area (Å²) in [6, 6.07) is 30.3. The zero-order valence-corrected chi connectivity index (χ0v) is 28.0. The van der Waals surface area contributed by atoms with Gasteiger partial charge in [-0.05, 0) is 72.5 Å². The molecule has 1 atom stereocenters. The van der Waals surface area contributed by atoms with Gasteiger partial charge in [-0.2, -0.15) is 0 Å². The molecule has 0 heterocycles. The van der Waals surface area contributed by atoms with E-state index < -0.39 is 28.5 Å². The molecule has 4 aromatic rings. The van der Waals surface area contributed by atoms with E-state index in [1.165, 1.54) is 24.1 Å². The van der Waals surface area contributed by atoms with Gasteiger partial charge in [0.1, 0.15) is 18.3 Å². The van der Waals surface area contributed by atoms with Crippen LogP contribution in [-0.2, 0) is 32.6 Å². The quantitative estimate of drug-likeness (QED) is 0.172. The summed E-state index contributed by atoms with van der Waals surface area (Å²) in [5, 5.41) is 3.77. The Kier molecular flexibility index (Phi) is 11.6. The molecule has 10 heteroatoms. The third-order valence-electron chi connectivity index (χ3n) is 8.46. The highest BCUT2D eigenvalue weighted by Gasteiger charge is 2.35. The summed E-state index contributed by atoms with van der Waals surface area (Å²) >= 11 is 6.18. The zero-order chi connectivity index (χ0) is 33.2. The van der Waals surface area contributed by atoms with Crippen LogP contribution in [0, 0.1) is 0 Å². The molecule has 4 aromatic carbocycles. The fraction of sp³-hybridized carbons (Fsp3) is 0.297. The Balaban J connectivity index is 1.54. The third-order valence-corrected chi connectivity index (χ3v) is 10.5. The first-order valence-corrected chi connectivity index (χ1v) is 17.7. The van der Waals surface area contributed by atoms with Crippen LogP contribution in [0.3, 0.4) is 0 Å². The van der Waals surface area contributed by atoms with Gasteiger partial charge in [0.2, 0.25) is 11.8 Å². The molecule has 1 N–H and O–H groups in total. The predicted octanol–water partition coefficient (Wildman–Crippen LogP) is 6.63. The monoisotopic (exact) mass is 673 g/mol. The van der Waals surface area contributed by atoms with Gasteiger partial charge in [0.25, 0.3) is 10.0 Å². The lowest BCUT2D eigenvalue weighted by molar-refractivity contribution is -0.140. The molecule has 0 spiro atoms. The van der Waals surface area contributed by atoms with Gasteiger partial charge in [0.05, 0.1) is 17.7 Å². The third kappa shape index (κ3) is 8.93. The van der Waals surface area contributed by atoms with Crippen LogP contribution in [0.15, 0.2) is 114 Å². The molecule has 0 radical (unpaired) electrons. The number of amides is 2. The van der Waals surface area contributed by atoms with Gasteiger partial charge >= 0.3 is 0 Å². The van der Waals surface area contributed by atoms with Crippen LogP contribution in [0.2, 0.25) is 5.02 Å². The molecule has 1 unspecified atom stereocenters. The molecule has 0 aliphatic heterocycles. The molecule has 0 aromatic heterocycles. The lowest BCUT2D eigenvalue weighted by Gasteiger charge is -2.35. The Hall–Kier alpha value is -4.34. The topological polar surface area (TPSA) is 96.0 Å². The summed E-state index contributed by atoms with van der Waals surface area (Å²) < 4.78 is 34.7. The number of nitrogens with zero attached hydrogens (tertiary/aromatic N) is 2. The Labute approximate surface area is 282 Å². The van der Waals surface area contributed by atoms with Crippen LogP contribution in [0.5, 0.6) is 5.75 Å². The fourth-order valence-electron chi connectivity index (χ4n) is 5.88. The van der Waals surface area contributed by atoms with Crippen LogP contribution >= 0.6 is 11.6 Å². The van der Waals surface area contributed by atoms with E-state index in [1.54, 1.807) is 54.6 Å². The van der Waals surface area contributed by atoms with E-state index in [2.05, 4.69) is 5.32 Å². The molecule has 2 amide bonds. The number of anilines is 1. The van der Waals surface area contributed by atoms with Crippen LogP contribution in [-0.4, -0.2) is 50.9 Å². The first-order chi connectivity index (χ1) is 22.7. The van der Waals surface area contributed by atoms with Crippen LogP contribution < -0.4 is 14.4 Å². The molecule has 1 aliphatic carbocycles. The molecule has 1 saturated carbocycles. The van der Waals surface area contributed by atoms with Crippen LogP contribution in [0.25, 0.3) is 0 Å². The summed E-state index contributed by atoms with van der Waals surface area (Å²) in [6.07, 6.45) is 5.25. The molecule has 0 bridgehead atoms. The molecule has 47 heavy (non-hydrogen) atoms. The van der Waals surface area contributed by atoms with Gasteiger partial charge in [-0.3, -0.25) is 13.9 Å². The maximum Gasteiger partial charge on any atom is 0.264 e. The zero-order valence-electron chi connectivity index (χ0n) is 26.4. The second-order valence-electron chi connectivity index (χ2n) is 11.7. The average Bonchev–Trinajstić information content (AvgIpc) is 3.10. The fourth-order valence-corrected chi connectivity index (χ4v) is 7.42. The molecule has 5 rings (SSSR count). The lowest BCUT2D eigenvalue weighted by atomic mass is 9.94. The number of benzene rings is 4. The summed E-state index contributed by atoms with van der Waals surface area (Å²) in [7, 11) is -2.70. The van der Waals surface area contributed by atoms with E-state index in [1.807, 2.05) is 42.5 Å². The van der Waals surface area contributed by atoms with E-state index in [4.69, 9.17) is 16.3 Å². The number of halogens is 1. The van der Waals surface area contributed by atoms with E-state index in [-0.39, 0.29) is 29.8 Å². The maximum absolute atomic E-state index is 14.6. The van der Waals surface area contributed by atoms with Gasteiger partial charge < -0.3 is 15.0 Å².